The summed E-state index contributed by atoms with van der Waals surface area (Å²) in [5.74, 6) is -0.177. The number of rotatable bonds is 3. The first kappa shape index (κ1) is 16.7. The first-order valence-electron chi connectivity index (χ1n) is 7.70. The van der Waals surface area contributed by atoms with E-state index in [-0.39, 0.29) is 16.8 Å². The van der Waals surface area contributed by atoms with Crippen molar-refractivity contribution in [1.82, 2.24) is 14.7 Å². The van der Waals surface area contributed by atoms with Crippen molar-refractivity contribution in [3.05, 3.63) is 47.3 Å². The lowest BCUT2D eigenvalue weighted by Gasteiger charge is -2.25. The van der Waals surface area contributed by atoms with Gasteiger partial charge in [0, 0.05) is 30.9 Å². The van der Waals surface area contributed by atoms with Gasteiger partial charge in [0.15, 0.2) is 0 Å². The molecule has 1 saturated heterocycles. The van der Waals surface area contributed by atoms with Gasteiger partial charge in [0.1, 0.15) is 0 Å². The number of hydrogen-bond donors (Lipinski definition) is 1. The van der Waals surface area contributed by atoms with E-state index in [1.165, 1.54) is 12.1 Å². The maximum Gasteiger partial charge on any atom is 0.254 e. The number of benzene rings is 1. The number of primary sulfonamides is 1. The quantitative estimate of drug-likeness (QED) is 0.905. The van der Waals surface area contributed by atoms with Crippen molar-refractivity contribution in [2.24, 2.45) is 12.2 Å². The van der Waals surface area contributed by atoms with Gasteiger partial charge in [-0.1, -0.05) is 6.07 Å². The van der Waals surface area contributed by atoms with Crippen molar-refractivity contribution in [3.8, 4) is 0 Å². The summed E-state index contributed by atoms with van der Waals surface area (Å²) in [5, 5.41) is 9.36. The number of likely N-dealkylation sites (tertiary alicyclic amines) is 1. The number of sulfonamides is 1. The van der Waals surface area contributed by atoms with E-state index in [1.54, 1.807) is 28.8 Å². The van der Waals surface area contributed by atoms with Gasteiger partial charge in [-0.2, -0.15) is 5.10 Å². The number of nitrogens with two attached hydrogens (primary N) is 1. The molecular weight excluding hydrogens is 328 g/mol. The van der Waals surface area contributed by atoms with Gasteiger partial charge in [-0.3, -0.25) is 9.48 Å². The van der Waals surface area contributed by atoms with E-state index in [0.29, 0.717) is 12.1 Å². The molecule has 0 unspecified atom stereocenters. The molecule has 1 aromatic carbocycles. The smallest absolute Gasteiger partial charge is 0.254 e. The van der Waals surface area contributed by atoms with E-state index in [1.807, 2.05) is 13.2 Å². The van der Waals surface area contributed by atoms with Crippen LogP contribution in [0.1, 0.15) is 40.4 Å². The van der Waals surface area contributed by atoms with Crippen molar-refractivity contribution in [2.45, 2.75) is 30.7 Å². The third kappa shape index (κ3) is 3.07. The predicted octanol–water partition coefficient (Wildman–Crippen LogP) is 1.35. The highest BCUT2D eigenvalue weighted by Crippen LogP contribution is 2.33. The highest BCUT2D eigenvalue weighted by molar-refractivity contribution is 7.89. The second kappa shape index (κ2) is 6.03. The maximum absolute atomic E-state index is 13.0. The number of nitrogens with zero attached hydrogens (tertiary/aromatic N) is 3. The topological polar surface area (TPSA) is 98.3 Å². The third-order valence-electron chi connectivity index (χ3n) is 4.39. The fourth-order valence-corrected chi connectivity index (χ4v) is 3.67. The molecule has 1 aromatic heterocycles. The Morgan fingerprint density at radius 2 is 2.12 bits per heavy atom. The number of carbonyl (C=O) groups is 1. The highest BCUT2D eigenvalue weighted by Gasteiger charge is 2.32. The fraction of sp³-hybridized carbons (Fsp3) is 0.375. The minimum absolute atomic E-state index is 0.0382. The van der Waals surface area contributed by atoms with E-state index >= 15 is 0 Å². The molecule has 7 nitrogen and oxygen atoms in total. The zero-order valence-corrected chi connectivity index (χ0v) is 14.5. The van der Waals surface area contributed by atoms with Crippen LogP contribution in [0.5, 0.6) is 0 Å². The van der Waals surface area contributed by atoms with Crippen molar-refractivity contribution in [3.63, 3.8) is 0 Å². The van der Waals surface area contributed by atoms with Gasteiger partial charge >= 0.3 is 0 Å². The van der Waals surface area contributed by atoms with Gasteiger partial charge in [0.2, 0.25) is 10.0 Å². The standard InChI is InChI=1S/C16H20N4O3S/c1-11-5-6-13(24(17,22)23)8-14(11)16(21)20-7-3-4-15(20)12-9-18-19(2)10-12/h5-6,8-10,15H,3-4,7H2,1-2H3,(H2,17,22,23)/t15-/m0/s1. The molecule has 0 radical (unpaired) electrons. The lowest BCUT2D eigenvalue weighted by atomic mass is 10.1. The molecule has 3 rings (SSSR count). The Bertz CT molecular complexity index is 888. The summed E-state index contributed by atoms with van der Waals surface area (Å²) < 4.78 is 24.9. The van der Waals surface area contributed by atoms with E-state index < -0.39 is 10.0 Å². The number of aromatic nitrogens is 2. The Balaban J connectivity index is 1.96. The van der Waals surface area contributed by atoms with Crippen LogP contribution in [-0.4, -0.2) is 35.6 Å². The van der Waals surface area contributed by atoms with E-state index in [4.69, 9.17) is 5.14 Å². The van der Waals surface area contributed by atoms with Gasteiger partial charge in [-0.25, -0.2) is 13.6 Å². The van der Waals surface area contributed by atoms with Crippen LogP contribution in [-0.2, 0) is 17.1 Å². The lowest BCUT2D eigenvalue weighted by Crippen LogP contribution is -2.31. The van der Waals surface area contributed by atoms with Gasteiger partial charge in [0.05, 0.1) is 17.1 Å². The summed E-state index contributed by atoms with van der Waals surface area (Å²) in [5.41, 5.74) is 2.09. The molecule has 2 aromatic rings. The Morgan fingerprint density at radius 3 is 2.75 bits per heavy atom. The summed E-state index contributed by atoms with van der Waals surface area (Å²) in [4.78, 5) is 14.7. The first-order chi connectivity index (χ1) is 11.3. The van der Waals surface area contributed by atoms with Crippen LogP contribution in [0.3, 0.4) is 0 Å². The molecule has 1 aliphatic heterocycles. The molecule has 1 aliphatic rings. The van der Waals surface area contributed by atoms with Crippen molar-refractivity contribution in [2.75, 3.05) is 6.54 Å². The molecule has 0 aliphatic carbocycles. The molecule has 1 atom stereocenters. The van der Waals surface area contributed by atoms with Crippen molar-refractivity contribution >= 4 is 15.9 Å². The predicted molar refractivity (Wildman–Crippen MR) is 88.8 cm³/mol. The Morgan fingerprint density at radius 1 is 1.38 bits per heavy atom. The zero-order valence-electron chi connectivity index (χ0n) is 13.6. The average Bonchev–Trinajstić information content (AvgIpc) is 3.14. The van der Waals surface area contributed by atoms with Gasteiger partial charge in [0.25, 0.3) is 5.91 Å². The molecule has 0 saturated carbocycles. The molecule has 2 heterocycles. The monoisotopic (exact) mass is 348 g/mol. The third-order valence-corrected chi connectivity index (χ3v) is 5.30. The Labute approximate surface area is 141 Å². The van der Waals surface area contributed by atoms with E-state index in [9.17, 15) is 13.2 Å². The van der Waals surface area contributed by atoms with Gasteiger partial charge in [-0.05, 0) is 37.5 Å². The van der Waals surface area contributed by atoms with E-state index in [2.05, 4.69) is 5.10 Å². The number of carbonyl (C=O) groups excluding carboxylic acids is 1. The van der Waals surface area contributed by atoms with Crippen molar-refractivity contribution < 1.29 is 13.2 Å². The number of amides is 1. The average molecular weight is 348 g/mol. The molecule has 24 heavy (non-hydrogen) atoms. The van der Waals surface area contributed by atoms with Crippen LogP contribution in [0.4, 0.5) is 0 Å². The summed E-state index contributed by atoms with van der Waals surface area (Å²) in [6.07, 6.45) is 5.44. The molecular formula is C16H20N4O3S. The zero-order chi connectivity index (χ0) is 17.5. The minimum Gasteiger partial charge on any atom is -0.331 e. The summed E-state index contributed by atoms with van der Waals surface area (Å²) in [7, 11) is -2.01. The van der Waals surface area contributed by atoms with Crippen LogP contribution in [0, 0.1) is 6.92 Å². The van der Waals surface area contributed by atoms with Crippen LogP contribution >= 0.6 is 0 Å². The second-order valence-electron chi connectivity index (χ2n) is 6.13. The summed E-state index contributed by atoms with van der Waals surface area (Å²) in [6.45, 7) is 2.42. The van der Waals surface area contributed by atoms with Crippen LogP contribution < -0.4 is 5.14 Å². The highest BCUT2D eigenvalue weighted by atomic mass is 32.2. The number of hydrogen-bond acceptors (Lipinski definition) is 4. The fourth-order valence-electron chi connectivity index (χ4n) is 3.13. The summed E-state index contributed by atoms with van der Waals surface area (Å²) in [6, 6.07) is 4.36. The Kier molecular flexibility index (Phi) is 4.18. The molecule has 128 valence electrons. The largest absolute Gasteiger partial charge is 0.331 e. The SMILES string of the molecule is Cc1ccc(S(N)(=O)=O)cc1C(=O)N1CCC[C@H]1c1cnn(C)c1. The second-order valence-corrected chi connectivity index (χ2v) is 7.69. The maximum atomic E-state index is 13.0. The van der Waals surface area contributed by atoms with E-state index in [0.717, 1.165) is 24.0 Å². The van der Waals surface area contributed by atoms with Gasteiger partial charge < -0.3 is 4.90 Å². The molecule has 0 bridgehead atoms. The Hall–Kier alpha value is -2.19. The first-order valence-corrected chi connectivity index (χ1v) is 9.25. The van der Waals surface area contributed by atoms with Gasteiger partial charge in [-0.15, -0.1) is 0 Å². The molecule has 0 spiro atoms. The number of aryl methyl sites for hydroxylation is 2. The molecule has 8 heteroatoms. The van der Waals surface area contributed by atoms with Crippen LogP contribution in [0.2, 0.25) is 0 Å². The molecule has 1 fully saturated rings. The normalized spacial score (nSPS) is 18.1. The van der Waals surface area contributed by atoms with Crippen LogP contribution in [0.25, 0.3) is 0 Å². The summed E-state index contributed by atoms with van der Waals surface area (Å²) >= 11 is 0. The molecule has 1 amide bonds. The van der Waals surface area contributed by atoms with Crippen molar-refractivity contribution in [1.29, 1.82) is 0 Å². The lowest BCUT2D eigenvalue weighted by molar-refractivity contribution is 0.0734. The molecule has 2 N–H and O–H groups in total. The van der Waals surface area contributed by atoms with Crippen LogP contribution in [0.15, 0.2) is 35.5 Å². The minimum atomic E-state index is -3.85.